The minimum atomic E-state index is -0.885. The molecule has 1 saturated carbocycles. The fraction of sp³-hybridized carbons (Fsp3) is 0.500. The number of hydrogen-bond donors (Lipinski definition) is 2. The monoisotopic (exact) mass is 280 g/mol. The van der Waals surface area contributed by atoms with Gasteiger partial charge in [0.05, 0.1) is 12.1 Å². The van der Waals surface area contributed by atoms with Gasteiger partial charge in [0.2, 0.25) is 0 Å². The van der Waals surface area contributed by atoms with Crippen molar-refractivity contribution in [3.8, 4) is 0 Å². The van der Waals surface area contributed by atoms with Gasteiger partial charge in [0.25, 0.3) is 5.91 Å². The summed E-state index contributed by atoms with van der Waals surface area (Å²) in [7, 11) is 0. The highest BCUT2D eigenvalue weighted by Crippen LogP contribution is 2.24. The minimum absolute atomic E-state index is 0.0970. The second-order valence-electron chi connectivity index (χ2n) is 5.02. The Labute approximate surface area is 116 Å². The molecule has 0 aliphatic heterocycles. The molecule has 1 aliphatic carbocycles. The lowest BCUT2D eigenvalue weighted by atomic mass is 9.95. The van der Waals surface area contributed by atoms with E-state index in [0.717, 1.165) is 31.5 Å². The Morgan fingerprint density at radius 2 is 2.00 bits per heavy atom. The summed E-state index contributed by atoms with van der Waals surface area (Å²) in [4.78, 5) is 27.0. The highest BCUT2D eigenvalue weighted by molar-refractivity contribution is 5.92. The SMILES string of the molecule is O=C(N[C@H]1CCCCC[C@H]1C(=O)O)c1ccc(F)cn1. The summed E-state index contributed by atoms with van der Waals surface area (Å²) in [5, 5.41) is 12.0. The molecule has 0 saturated heterocycles. The number of rotatable bonds is 3. The van der Waals surface area contributed by atoms with Gasteiger partial charge in [-0.2, -0.15) is 0 Å². The van der Waals surface area contributed by atoms with E-state index in [0.29, 0.717) is 12.8 Å². The molecule has 1 aromatic rings. The van der Waals surface area contributed by atoms with Crippen LogP contribution in [-0.4, -0.2) is 28.0 Å². The molecule has 108 valence electrons. The van der Waals surface area contributed by atoms with Gasteiger partial charge in [-0.3, -0.25) is 9.59 Å². The van der Waals surface area contributed by atoms with Gasteiger partial charge in [-0.05, 0) is 25.0 Å². The highest BCUT2D eigenvalue weighted by atomic mass is 19.1. The number of aliphatic carboxylic acids is 1. The summed E-state index contributed by atoms with van der Waals surface area (Å²) in [6.45, 7) is 0. The predicted octanol–water partition coefficient (Wildman–Crippen LogP) is 1.98. The van der Waals surface area contributed by atoms with E-state index in [1.54, 1.807) is 0 Å². The van der Waals surface area contributed by atoms with Crippen LogP contribution < -0.4 is 5.32 Å². The fourth-order valence-corrected chi connectivity index (χ4v) is 2.53. The van der Waals surface area contributed by atoms with Crippen molar-refractivity contribution in [2.24, 2.45) is 5.92 Å². The van der Waals surface area contributed by atoms with E-state index < -0.39 is 29.7 Å². The van der Waals surface area contributed by atoms with Crippen LogP contribution in [0, 0.1) is 11.7 Å². The van der Waals surface area contributed by atoms with E-state index in [4.69, 9.17) is 0 Å². The van der Waals surface area contributed by atoms with Crippen LogP contribution in [0.3, 0.4) is 0 Å². The van der Waals surface area contributed by atoms with E-state index in [-0.39, 0.29) is 5.69 Å². The normalized spacial score (nSPS) is 22.9. The standard InChI is InChI=1S/C14H17FN2O3/c15-9-6-7-12(16-8-9)13(18)17-11-5-3-1-2-4-10(11)14(19)20/h6-8,10-11H,1-5H2,(H,17,18)(H,19,20)/t10-,11+/m1/s1. The molecule has 1 amide bonds. The van der Waals surface area contributed by atoms with E-state index in [1.165, 1.54) is 6.07 Å². The number of carboxylic acids is 1. The predicted molar refractivity (Wildman–Crippen MR) is 69.7 cm³/mol. The first-order valence-electron chi connectivity index (χ1n) is 6.73. The Kier molecular flexibility index (Phi) is 4.65. The number of hydrogen-bond acceptors (Lipinski definition) is 3. The van der Waals surface area contributed by atoms with Crippen molar-refractivity contribution in [1.82, 2.24) is 10.3 Å². The Hall–Kier alpha value is -1.98. The van der Waals surface area contributed by atoms with Crippen molar-refractivity contribution in [1.29, 1.82) is 0 Å². The van der Waals surface area contributed by atoms with Crippen LogP contribution in [0.15, 0.2) is 18.3 Å². The molecule has 2 N–H and O–H groups in total. The molecule has 6 heteroatoms. The number of aromatic nitrogens is 1. The molecule has 1 heterocycles. The highest BCUT2D eigenvalue weighted by Gasteiger charge is 2.30. The molecular weight excluding hydrogens is 263 g/mol. The molecule has 20 heavy (non-hydrogen) atoms. The maximum Gasteiger partial charge on any atom is 0.308 e. The van der Waals surface area contributed by atoms with E-state index >= 15 is 0 Å². The zero-order valence-corrected chi connectivity index (χ0v) is 11.0. The van der Waals surface area contributed by atoms with Gasteiger partial charge in [-0.25, -0.2) is 9.37 Å². The molecule has 0 radical (unpaired) electrons. The van der Waals surface area contributed by atoms with E-state index in [2.05, 4.69) is 10.3 Å². The third kappa shape index (κ3) is 3.53. The Balaban J connectivity index is 2.07. The summed E-state index contributed by atoms with van der Waals surface area (Å²) in [6, 6.07) is 2.05. The van der Waals surface area contributed by atoms with Crippen molar-refractivity contribution in [2.75, 3.05) is 0 Å². The number of amides is 1. The third-order valence-corrected chi connectivity index (χ3v) is 3.61. The lowest BCUT2D eigenvalue weighted by Crippen LogP contribution is -2.43. The second kappa shape index (κ2) is 6.45. The summed E-state index contributed by atoms with van der Waals surface area (Å²) >= 11 is 0. The first-order chi connectivity index (χ1) is 9.58. The number of pyridine rings is 1. The number of carbonyl (C=O) groups excluding carboxylic acids is 1. The number of nitrogens with one attached hydrogen (secondary N) is 1. The molecule has 2 atom stereocenters. The zero-order chi connectivity index (χ0) is 14.5. The van der Waals surface area contributed by atoms with Crippen LogP contribution >= 0.6 is 0 Å². The average Bonchev–Trinajstić information content (AvgIpc) is 2.65. The Bertz CT molecular complexity index is 490. The van der Waals surface area contributed by atoms with Crippen molar-refractivity contribution in [2.45, 2.75) is 38.1 Å². The third-order valence-electron chi connectivity index (χ3n) is 3.61. The van der Waals surface area contributed by atoms with Crippen LogP contribution in [-0.2, 0) is 4.79 Å². The minimum Gasteiger partial charge on any atom is -0.481 e. The lowest BCUT2D eigenvalue weighted by Gasteiger charge is -2.22. The quantitative estimate of drug-likeness (QED) is 0.830. The molecule has 2 rings (SSSR count). The Morgan fingerprint density at radius 1 is 1.25 bits per heavy atom. The van der Waals surface area contributed by atoms with Gasteiger partial charge >= 0.3 is 5.97 Å². The van der Waals surface area contributed by atoms with Crippen LogP contribution in [0.2, 0.25) is 0 Å². The van der Waals surface area contributed by atoms with Gasteiger partial charge in [0, 0.05) is 6.04 Å². The largest absolute Gasteiger partial charge is 0.481 e. The summed E-state index contributed by atoms with van der Waals surface area (Å²) in [5.74, 6) is -2.42. The van der Waals surface area contributed by atoms with Gasteiger partial charge < -0.3 is 10.4 Å². The summed E-state index contributed by atoms with van der Waals surface area (Å²) in [6.07, 6.45) is 4.91. The van der Waals surface area contributed by atoms with Crippen LogP contribution in [0.5, 0.6) is 0 Å². The smallest absolute Gasteiger partial charge is 0.308 e. The molecule has 1 aliphatic rings. The van der Waals surface area contributed by atoms with Gasteiger partial charge in [0.1, 0.15) is 11.5 Å². The van der Waals surface area contributed by atoms with Crippen molar-refractivity contribution in [3.05, 3.63) is 29.8 Å². The summed E-state index contributed by atoms with van der Waals surface area (Å²) < 4.78 is 12.8. The van der Waals surface area contributed by atoms with Gasteiger partial charge in [0.15, 0.2) is 0 Å². The van der Waals surface area contributed by atoms with Crippen LogP contribution in [0.25, 0.3) is 0 Å². The summed E-state index contributed by atoms with van der Waals surface area (Å²) in [5.41, 5.74) is 0.0970. The average molecular weight is 280 g/mol. The first kappa shape index (κ1) is 14.4. The molecule has 1 aromatic heterocycles. The fourth-order valence-electron chi connectivity index (χ4n) is 2.53. The van der Waals surface area contributed by atoms with Crippen LogP contribution in [0.4, 0.5) is 4.39 Å². The number of carboxylic acid groups (broad SMARTS) is 1. The van der Waals surface area contributed by atoms with E-state index in [9.17, 15) is 19.1 Å². The maximum atomic E-state index is 12.8. The molecule has 1 fully saturated rings. The van der Waals surface area contributed by atoms with Gasteiger partial charge in [-0.1, -0.05) is 19.3 Å². The molecule has 0 unspecified atom stereocenters. The maximum absolute atomic E-state index is 12.8. The molecule has 5 nitrogen and oxygen atoms in total. The van der Waals surface area contributed by atoms with Gasteiger partial charge in [-0.15, -0.1) is 0 Å². The molecule has 0 bridgehead atoms. The van der Waals surface area contributed by atoms with Crippen LogP contribution in [0.1, 0.15) is 42.6 Å². The molecule has 0 aromatic carbocycles. The number of nitrogens with zero attached hydrogens (tertiary/aromatic N) is 1. The van der Waals surface area contributed by atoms with Crippen molar-refractivity contribution in [3.63, 3.8) is 0 Å². The number of halogens is 1. The van der Waals surface area contributed by atoms with E-state index in [1.807, 2.05) is 0 Å². The number of carbonyl (C=O) groups is 2. The molecule has 0 spiro atoms. The second-order valence-corrected chi connectivity index (χ2v) is 5.02. The van der Waals surface area contributed by atoms with Crippen molar-refractivity contribution < 1.29 is 19.1 Å². The zero-order valence-electron chi connectivity index (χ0n) is 11.0. The first-order valence-corrected chi connectivity index (χ1v) is 6.73. The lowest BCUT2D eigenvalue weighted by molar-refractivity contribution is -0.142. The van der Waals surface area contributed by atoms with Crippen molar-refractivity contribution >= 4 is 11.9 Å². The topological polar surface area (TPSA) is 79.3 Å². The molecular formula is C14H17FN2O3. The Morgan fingerprint density at radius 3 is 2.65 bits per heavy atom.